The summed E-state index contributed by atoms with van der Waals surface area (Å²) in [7, 11) is 1.86. The lowest BCUT2D eigenvalue weighted by atomic mass is 9.87. The largest absolute Gasteiger partial charge is 0.483 e. The number of alkyl halides is 3. The Balaban J connectivity index is 1.33. The third kappa shape index (κ3) is 4.20. The fraction of sp³-hybridized carbons (Fsp3) is 0.409. The van der Waals surface area contributed by atoms with Crippen molar-refractivity contribution in [2.24, 2.45) is 10.7 Å². The van der Waals surface area contributed by atoms with Crippen LogP contribution in [0.5, 0.6) is 5.75 Å². The van der Waals surface area contributed by atoms with Crippen LogP contribution in [0.4, 0.5) is 18.9 Å². The highest BCUT2D eigenvalue weighted by molar-refractivity contribution is 6.03. The molecule has 0 saturated carbocycles. The van der Waals surface area contributed by atoms with Crippen molar-refractivity contribution in [3.8, 4) is 5.75 Å². The molecule has 1 saturated heterocycles. The van der Waals surface area contributed by atoms with Crippen molar-refractivity contribution >= 4 is 17.6 Å². The molecule has 33 heavy (non-hydrogen) atoms. The summed E-state index contributed by atoms with van der Waals surface area (Å²) in [5.74, 6) is -0.129. The number of amides is 1. The molecule has 1 aromatic heterocycles. The molecule has 2 aliphatic heterocycles. The van der Waals surface area contributed by atoms with E-state index in [4.69, 9.17) is 15.5 Å². The van der Waals surface area contributed by atoms with Gasteiger partial charge in [-0.3, -0.25) is 4.79 Å². The maximum Gasteiger partial charge on any atom is 0.422 e. The number of pyridine rings is 1. The van der Waals surface area contributed by atoms with Crippen molar-refractivity contribution in [2.75, 3.05) is 19.0 Å². The quantitative estimate of drug-likeness (QED) is 0.679. The first-order chi connectivity index (χ1) is 15.6. The van der Waals surface area contributed by atoms with E-state index in [0.717, 1.165) is 30.2 Å². The third-order valence-electron chi connectivity index (χ3n) is 6.21. The number of aryl methyl sites for hydroxylation is 1. The minimum atomic E-state index is -4.45. The molecule has 3 atom stereocenters. The van der Waals surface area contributed by atoms with Gasteiger partial charge in [0.15, 0.2) is 18.8 Å². The summed E-state index contributed by atoms with van der Waals surface area (Å²) in [6.45, 7) is -1.42. The number of aromatic nitrogens is 1. The first-order valence-electron chi connectivity index (χ1n) is 10.5. The highest BCUT2D eigenvalue weighted by Crippen LogP contribution is 2.49. The molecule has 3 N–H and O–H groups in total. The molecule has 0 radical (unpaired) electrons. The fourth-order valence-electron chi connectivity index (χ4n) is 4.50. The van der Waals surface area contributed by atoms with Crippen LogP contribution in [0.1, 0.15) is 34.5 Å². The van der Waals surface area contributed by atoms with Crippen LogP contribution in [-0.2, 0) is 16.7 Å². The molecule has 1 aliphatic carbocycles. The van der Waals surface area contributed by atoms with E-state index in [1.165, 1.54) is 12.1 Å². The normalized spacial score (nSPS) is 25.7. The second-order valence-electron chi connectivity index (χ2n) is 8.49. The van der Waals surface area contributed by atoms with Crippen LogP contribution in [0.3, 0.4) is 0 Å². The molecular weight excluding hydrogens is 439 g/mol. The third-order valence-corrected chi connectivity index (χ3v) is 6.21. The highest BCUT2D eigenvalue weighted by Gasteiger charge is 2.53. The Kier molecular flexibility index (Phi) is 4.96. The Bertz CT molecular complexity index is 1120. The van der Waals surface area contributed by atoms with Gasteiger partial charge in [0, 0.05) is 19.2 Å². The van der Waals surface area contributed by atoms with E-state index in [1.54, 1.807) is 0 Å². The van der Waals surface area contributed by atoms with Crippen LogP contribution in [0.15, 0.2) is 41.5 Å². The molecule has 8 nitrogen and oxygen atoms in total. The van der Waals surface area contributed by atoms with Crippen LogP contribution in [-0.4, -0.2) is 53.9 Å². The summed E-state index contributed by atoms with van der Waals surface area (Å²) in [5.41, 5.74) is 8.49. The topological polar surface area (TPSA) is 105 Å². The van der Waals surface area contributed by atoms with Gasteiger partial charge in [-0.1, -0.05) is 6.07 Å². The van der Waals surface area contributed by atoms with Gasteiger partial charge in [0.25, 0.3) is 5.91 Å². The molecule has 0 bridgehead atoms. The molecule has 5 rings (SSSR count). The van der Waals surface area contributed by atoms with Gasteiger partial charge in [0.2, 0.25) is 0 Å². The van der Waals surface area contributed by atoms with Crippen LogP contribution >= 0.6 is 0 Å². The van der Waals surface area contributed by atoms with Crippen molar-refractivity contribution in [3.05, 3.63) is 53.3 Å². The van der Waals surface area contributed by atoms with E-state index in [2.05, 4.69) is 15.0 Å². The van der Waals surface area contributed by atoms with E-state index in [9.17, 15) is 18.0 Å². The number of benzene rings is 1. The SMILES string of the molecule is CN1C(N)=N[C@@]2(CCc3ccc(NC(=O)c4ccc(OCC(F)(F)F)cn4)cc32)CC2OC21. The van der Waals surface area contributed by atoms with E-state index in [0.29, 0.717) is 18.1 Å². The Labute approximate surface area is 187 Å². The number of aliphatic imine (C=N–C) groups is 1. The van der Waals surface area contributed by atoms with Gasteiger partial charge in [0.05, 0.1) is 11.7 Å². The number of epoxide rings is 1. The number of carbonyl (C=O) groups is 1. The van der Waals surface area contributed by atoms with Gasteiger partial charge in [-0.25, -0.2) is 9.98 Å². The Morgan fingerprint density at radius 3 is 2.91 bits per heavy atom. The molecule has 3 aliphatic rings. The standard InChI is InChI=1S/C22H22F3N5O3/c1-30-19-17(33-19)9-21(29-20(30)26)7-6-12-2-3-13(8-15(12)21)28-18(31)16-5-4-14(10-27-16)32-11-22(23,24)25/h2-5,8,10,17,19H,6-7,9,11H2,1H3,(H2,26,29)(H,28,31)/t17?,19?,21-/m0/s1. The lowest BCUT2D eigenvalue weighted by Crippen LogP contribution is -2.37. The predicted octanol–water partition coefficient (Wildman–Crippen LogP) is 2.79. The lowest BCUT2D eigenvalue weighted by Gasteiger charge is -2.26. The van der Waals surface area contributed by atoms with Gasteiger partial charge >= 0.3 is 6.18 Å². The summed E-state index contributed by atoms with van der Waals surface area (Å²) >= 11 is 0. The van der Waals surface area contributed by atoms with Crippen molar-refractivity contribution in [2.45, 2.75) is 43.3 Å². The van der Waals surface area contributed by atoms with Gasteiger partial charge in [-0.2, -0.15) is 13.2 Å². The molecule has 174 valence electrons. The minimum absolute atomic E-state index is 0.0470. The molecule has 2 unspecified atom stereocenters. The van der Waals surface area contributed by atoms with Gasteiger partial charge < -0.3 is 25.4 Å². The van der Waals surface area contributed by atoms with Crippen LogP contribution in [0.2, 0.25) is 0 Å². The Hall–Kier alpha value is -3.34. The summed E-state index contributed by atoms with van der Waals surface area (Å²) in [4.78, 5) is 23.3. The van der Waals surface area contributed by atoms with Crippen LogP contribution in [0.25, 0.3) is 0 Å². The number of nitrogens with one attached hydrogen (secondary N) is 1. The molecule has 11 heteroatoms. The lowest BCUT2D eigenvalue weighted by molar-refractivity contribution is -0.153. The second-order valence-corrected chi connectivity index (χ2v) is 8.49. The number of hydrogen-bond acceptors (Lipinski definition) is 7. The number of fused-ring (bicyclic) bond motifs is 3. The smallest absolute Gasteiger partial charge is 0.422 e. The highest BCUT2D eigenvalue weighted by atomic mass is 19.4. The minimum Gasteiger partial charge on any atom is -0.483 e. The van der Waals surface area contributed by atoms with Crippen LogP contribution in [0, 0.1) is 0 Å². The average molecular weight is 461 g/mol. The van der Waals surface area contributed by atoms with Crippen molar-refractivity contribution < 1.29 is 27.4 Å². The average Bonchev–Trinajstić information content (AvgIpc) is 3.46. The number of nitrogens with zero attached hydrogens (tertiary/aromatic N) is 3. The molecule has 1 spiro atoms. The van der Waals surface area contributed by atoms with E-state index >= 15 is 0 Å². The zero-order valence-electron chi connectivity index (χ0n) is 17.7. The molecule has 1 aromatic carbocycles. The van der Waals surface area contributed by atoms with Crippen LogP contribution < -0.4 is 15.8 Å². The number of ether oxygens (including phenoxy) is 2. The summed E-state index contributed by atoms with van der Waals surface area (Å²) in [5, 5.41) is 2.80. The number of halogens is 3. The maximum absolute atomic E-state index is 12.7. The number of nitrogens with two attached hydrogens (primary N) is 1. The Morgan fingerprint density at radius 1 is 1.36 bits per heavy atom. The zero-order chi connectivity index (χ0) is 23.4. The molecular formula is C22H22F3N5O3. The fourth-order valence-corrected chi connectivity index (χ4v) is 4.50. The number of carbonyl (C=O) groups excluding carboxylic acids is 1. The van der Waals surface area contributed by atoms with E-state index < -0.39 is 24.2 Å². The summed E-state index contributed by atoms with van der Waals surface area (Å²) in [6.07, 6.45) is -0.975. The molecule has 1 fully saturated rings. The number of guanidine groups is 1. The molecule has 2 aromatic rings. The monoisotopic (exact) mass is 461 g/mol. The first kappa shape index (κ1) is 21.5. The second kappa shape index (κ2) is 7.62. The van der Waals surface area contributed by atoms with Crippen molar-refractivity contribution in [1.82, 2.24) is 9.88 Å². The number of likely N-dealkylation sites (N-methyl/N-ethyl adjacent to an activating group) is 1. The summed E-state index contributed by atoms with van der Waals surface area (Å²) in [6, 6.07) is 8.26. The summed E-state index contributed by atoms with van der Waals surface area (Å²) < 4.78 is 47.2. The van der Waals surface area contributed by atoms with E-state index in [-0.39, 0.29) is 23.8 Å². The molecule has 1 amide bonds. The Morgan fingerprint density at radius 2 is 2.18 bits per heavy atom. The van der Waals surface area contributed by atoms with E-state index in [1.807, 2.05) is 30.1 Å². The maximum atomic E-state index is 12.7. The van der Waals surface area contributed by atoms with Crippen molar-refractivity contribution in [3.63, 3.8) is 0 Å². The number of rotatable bonds is 4. The number of anilines is 1. The predicted molar refractivity (Wildman–Crippen MR) is 113 cm³/mol. The van der Waals surface area contributed by atoms with Gasteiger partial charge in [-0.15, -0.1) is 0 Å². The van der Waals surface area contributed by atoms with Crippen molar-refractivity contribution in [1.29, 1.82) is 0 Å². The van der Waals surface area contributed by atoms with Gasteiger partial charge in [-0.05, 0) is 48.2 Å². The first-order valence-corrected chi connectivity index (χ1v) is 10.5. The number of hydrogen-bond donors (Lipinski definition) is 2. The molecule has 3 heterocycles. The zero-order valence-corrected chi connectivity index (χ0v) is 17.7. The van der Waals surface area contributed by atoms with Gasteiger partial charge in [0.1, 0.15) is 17.5 Å².